The molecule has 7 heterocycles. The number of rotatable bonds is 8. The van der Waals surface area contributed by atoms with Gasteiger partial charge in [0.25, 0.3) is 5.91 Å². The number of aromatic amines is 1. The van der Waals surface area contributed by atoms with Crippen molar-refractivity contribution in [1.29, 1.82) is 5.26 Å². The Kier molecular flexibility index (Phi) is 9.27. The third-order valence-electron chi connectivity index (χ3n) is 10.6. The molecule has 3 aliphatic heterocycles. The number of H-pyrrole nitrogens is 1. The van der Waals surface area contributed by atoms with E-state index in [0.29, 0.717) is 13.0 Å². The van der Waals surface area contributed by atoms with Crippen LogP contribution in [0.3, 0.4) is 0 Å². The first-order valence-electron chi connectivity index (χ1n) is 17.6. The summed E-state index contributed by atoms with van der Waals surface area (Å²) in [5.74, 6) is -3.12. The van der Waals surface area contributed by atoms with E-state index in [-0.39, 0.29) is 79.4 Å². The van der Waals surface area contributed by atoms with Gasteiger partial charge in [-0.3, -0.25) is 24.8 Å². The van der Waals surface area contributed by atoms with Gasteiger partial charge >= 0.3 is 12.2 Å². The van der Waals surface area contributed by atoms with Crippen LogP contribution in [0.15, 0.2) is 54.7 Å². The van der Waals surface area contributed by atoms with Gasteiger partial charge in [-0.15, -0.1) is 0 Å². The van der Waals surface area contributed by atoms with E-state index in [9.17, 15) is 27.6 Å². The van der Waals surface area contributed by atoms with Gasteiger partial charge in [-0.05, 0) is 43.7 Å². The molecule has 0 spiro atoms. The van der Waals surface area contributed by atoms with E-state index in [4.69, 9.17) is 4.74 Å². The third kappa shape index (κ3) is 6.77. The summed E-state index contributed by atoms with van der Waals surface area (Å²) in [6, 6.07) is 7.67. The molecule has 1 amide bonds. The average Bonchev–Trinajstić information content (AvgIpc) is 3.87. The Morgan fingerprint density at radius 2 is 1.98 bits per heavy atom. The molecule has 12 nitrogen and oxygen atoms in total. The minimum absolute atomic E-state index is 0.0200. The molecular weight excluding hydrogens is 730 g/mol. The summed E-state index contributed by atoms with van der Waals surface area (Å²) in [6.45, 7) is 0.824. The Hall–Kier alpha value is -5.83. The predicted octanol–water partition coefficient (Wildman–Crippen LogP) is 6.02. The first kappa shape index (κ1) is 36.2. The smallest absolute Gasteiger partial charge is 0.417 e. The third-order valence-corrected chi connectivity index (χ3v) is 10.6. The lowest BCUT2D eigenvalue weighted by molar-refractivity contribution is -0.137. The van der Waals surface area contributed by atoms with Crippen molar-refractivity contribution >= 4 is 39.6 Å². The fourth-order valence-electron chi connectivity index (χ4n) is 7.97. The standard InChI is InChI=1S/C37H32F6N10O2/c38-22-15-36(6-3-9-52(36)18-22)20-55-35-48-32-26(17-46-31(30(32)40)25-14-29-21(16-47-50-29)12-27(25)37(41,42)43)33(49-35)51-10-11-53(24(19-51)5-7-44)34(54)28(39)13-23-4-1-2-8-45-23/h1-2,4,8,12-14,16-17,22,24H,3,5-6,9-11,15,18-20H2,(H,47,50)/b28-13-/t22-,24+,36+/m1/s1. The summed E-state index contributed by atoms with van der Waals surface area (Å²) in [6.07, 6.45) is 0.418. The summed E-state index contributed by atoms with van der Waals surface area (Å²) < 4.78 is 95.8. The van der Waals surface area contributed by atoms with Gasteiger partial charge in [0.05, 0.1) is 52.4 Å². The van der Waals surface area contributed by atoms with Crippen LogP contribution in [0.1, 0.15) is 36.9 Å². The Bertz CT molecular complexity index is 2350. The number of fused-ring (bicyclic) bond motifs is 3. The van der Waals surface area contributed by atoms with Crippen molar-refractivity contribution in [3.63, 3.8) is 0 Å². The number of benzene rings is 1. The van der Waals surface area contributed by atoms with Gasteiger partial charge in [0.2, 0.25) is 0 Å². The quantitative estimate of drug-likeness (QED) is 0.148. The van der Waals surface area contributed by atoms with Gasteiger partial charge in [-0.25, -0.2) is 13.2 Å². The van der Waals surface area contributed by atoms with Crippen LogP contribution in [0.4, 0.5) is 32.2 Å². The van der Waals surface area contributed by atoms with Crippen LogP contribution in [0.2, 0.25) is 0 Å². The van der Waals surface area contributed by atoms with Gasteiger partial charge in [0, 0.05) is 62.0 Å². The van der Waals surface area contributed by atoms with Gasteiger partial charge < -0.3 is 14.5 Å². The number of anilines is 1. The molecule has 5 aromatic rings. The maximum atomic E-state index is 16.8. The molecule has 0 saturated carbocycles. The zero-order valence-corrected chi connectivity index (χ0v) is 29.0. The maximum absolute atomic E-state index is 16.8. The number of nitrogens with one attached hydrogen (secondary N) is 1. The van der Waals surface area contributed by atoms with E-state index in [2.05, 4.69) is 30.1 Å². The number of aromatic nitrogens is 6. The van der Waals surface area contributed by atoms with E-state index in [1.54, 1.807) is 17.0 Å². The lowest BCUT2D eigenvalue weighted by atomic mass is 9.95. The summed E-state index contributed by atoms with van der Waals surface area (Å²) in [4.78, 5) is 35.3. The van der Waals surface area contributed by atoms with Gasteiger partial charge in [-0.1, -0.05) is 6.07 Å². The van der Waals surface area contributed by atoms with Crippen molar-refractivity contribution in [1.82, 2.24) is 39.9 Å². The van der Waals surface area contributed by atoms with Gasteiger partial charge in [-0.2, -0.15) is 33.5 Å². The highest BCUT2D eigenvalue weighted by molar-refractivity contribution is 5.96. The molecule has 8 rings (SSSR count). The number of carbonyl (C=O) groups is 1. The molecule has 0 aliphatic carbocycles. The highest BCUT2D eigenvalue weighted by atomic mass is 19.4. The van der Waals surface area contributed by atoms with Gasteiger partial charge in [0.15, 0.2) is 11.6 Å². The van der Waals surface area contributed by atoms with Crippen LogP contribution in [0.25, 0.3) is 39.1 Å². The molecule has 3 atom stereocenters. The summed E-state index contributed by atoms with van der Waals surface area (Å²) in [7, 11) is 0. The molecule has 1 N–H and O–H groups in total. The zero-order valence-electron chi connectivity index (χ0n) is 29.0. The molecule has 0 bridgehead atoms. The fraction of sp³-hybridized carbons (Fsp3) is 0.378. The second-order valence-electron chi connectivity index (χ2n) is 13.9. The number of ether oxygens (including phenoxy) is 1. The van der Waals surface area contributed by atoms with Crippen molar-refractivity contribution < 1.29 is 35.9 Å². The van der Waals surface area contributed by atoms with Crippen LogP contribution in [0.5, 0.6) is 6.01 Å². The lowest BCUT2D eigenvalue weighted by Gasteiger charge is -2.41. The molecule has 3 fully saturated rings. The summed E-state index contributed by atoms with van der Waals surface area (Å²) >= 11 is 0. The monoisotopic (exact) mass is 762 g/mol. The second-order valence-corrected chi connectivity index (χ2v) is 13.9. The largest absolute Gasteiger partial charge is 0.461 e. The van der Waals surface area contributed by atoms with E-state index in [1.165, 1.54) is 29.6 Å². The molecule has 3 saturated heterocycles. The zero-order chi connectivity index (χ0) is 38.5. The van der Waals surface area contributed by atoms with Crippen molar-refractivity contribution in [2.75, 3.05) is 44.2 Å². The highest BCUT2D eigenvalue weighted by Crippen LogP contribution is 2.43. The van der Waals surface area contributed by atoms with E-state index in [1.807, 2.05) is 11.0 Å². The number of pyridine rings is 2. The Labute approximate surface area is 309 Å². The molecule has 55 heavy (non-hydrogen) atoms. The van der Waals surface area contributed by atoms with Crippen molar-refractivity contribution in [3.8, 4) is 23.3 Å². The number of alkyl halides is 4. The number of nitrogens with zero attached hydrogens (tertiary/aromatic N) is 9. The Balaban J connectivity index is 1.19. The number of halogens is 6. The molecule has 18 heteroatoms. The number of hydrogen-bond donors (Lipinski definition) is 1. The Morgan fingerprint density at radius 3 is 2.76 bits per heavy atom. The molecule has 0 unspecified atom stereocenters. The number of amides is 1. The van der Waals surface area contributed by atoms with Crippen molar-refractivity contribution in [2.24, 2.45) is 0 Å². The van der Waals surface area contributed by atoms with Crippen LogP contribution >= 0.6 is 0 Å². The normalized spacial score (nSPS) is 22.0. The first-order chi connectivity index (χ1) is 26.4. The van der Waals surface area contributed by atoms with Crippen molar-refractivity contribution in [3.05, 3.63) is 71.8 Å². The summed E-state index contributed by atoms with van der Waals surface area (Å²) in [5, 5.41) is 16.3. The molecule has 3 aliphatic rings. The van der Waals surface area contributed by atoms with Crippen molar-refractivity contribution in [2.45, 2.75) is 49.6 Å². The van der Waals surface area contributed by atoms with Crippen LogP contribution in [-0.4, -0.2) is 103 Å². The van der Waals surface area contributed by atoms with Crippen LogP contribution < -0.4 is 9.64 Å². The number of nitriles is 1. The minimum Gasteiger partial charge on any atom is -0.461 e. The average molecular weight is 763 g/mol. The molecule has 284 valence electrons. The van der Waals surface area contributed by atoms with E-state index >= 15 is 8.78 Å². The molecule has 1 aromatic carbocycles. The second kappa shape index (κ2) is 14.1. The molecule has 4 aromatic heterocycles. The van der Waals surface area contributed by atoms with E-state index in [0.717, 1.165) is 24.6 Å². The topological polar surface area (TPSA) is 140 Å². The molecule has 0 radical (unpaired) electrons. The Morgan fingerprint density at radius 1 is 1.13 bits per heavy atom. The van der Waals surface area contributed by atoms with E-state index < -0.39 is 63.8 Å². The van der Waals surface area contributed by atoms with Crippen LogP contribution in [0, 0.1) is 17.1 Å². The SMILES string of the molecule is N#CC[C@H]1CN(c2nc(OC[C@@]34CCCN3C[C@H](F)C4)nc3c(F)c(-c4cc5[nH]ncc5cc4C(F)(F)F)ncc23)CCN1C(=O)/C(F)=C/c1ccccn1. The maximum Gasteiger partial charge on any atom is 0.417 e. The minimum atomic E-state index is -4.88. The number of piperazine rings is 1. The number of hydrogen-bond acceptors (Lipinski definition) is 10. The predicted molar refractivity (Wildman–Crippen MR) is 187 cm³/mol. The highest BCUT2D eigenvalue weighted by Gasteiger charge is 2.49. The van der Waals surface area contributed by atoms with Crippen LogP contribution in [-0.2, 0) is 11.0 Å². The fourth-order valence-corrected chi connectivity index (χ4v) is 7.97. The first-order valence-corrected chi connectivity index (χ1v) is 17.6. The number of carbonyl (C=O) groups excluding carboxylic acids is 1. The molecular formula is C37H32F6N10O2. The summed E-state index contributed by atoms with van der Waals surface area (Å²) in [5.41, 5.74) is -2.88. The lowest BCUT2D eigenvalue weighted by Crippen LogP contribution is -2.55. The van der Waals surface area contributed by atoms with Gasteiger partial charge in [0.1, 0.15) is 29.8 Å².